The van der Waals surface area contributed by atoms with E-state index in [4.69, 9.17) is 15.2 Å². The van der Waals surface area contributed by atoms with Crippen molar-refractivity contribution in [1.82, 2.24) is 0 Å². The maximum Gasteiger partial charge on any atom is 0.343 e. The van der Waals surface area contributed by atoms with Gasteiger partial charge in [0.1, 0.15) is 11.4 Å². The van der Waals surface area contributed by atoms with Crippen LogP contribution in [0.4, 0.5) is 5.69 Å². The second-order valence-corrected chi connectivity index (χ2v) is 4.37. The third kappa shape index (κ3) is 5.97. The fraction of sp³-hybridized carbons (Fsp3) is 0.375. The number of nitrogens with zero attached hydrogens (tertiary/aromatic N) is 1. The zero-order valence-corrected chi connectivity index (χ0v) is 13.0. The number of para-hydroxylation sites is 1. The van der Waals surface area contributed by atoms with Crippen LogP contribution in [0.1, 0.15) is 13.3 Å². The quantitative estimate of drug-likeness (QED) is 0.252. The SMILES string of the molecule is CCOC(=O)C(=CN)C(=NCCCOC)Nc1ccccc1. The number of amidine groups is 1. The summed E-state index contributed by atoms with van der Waals surface area (Å²) in [7, 11) is 1.64. The molecule has 120 valence electrons. The monoisotopic (exact) mass is 305 g/mol. The molecule has 0 aliphatic rings. The average Bonchev–Trinajstić information content (AvgIpc) is 2.53. The van der Waals surface area contributed by atoms with Gasteiger partial charge in [0, 0.05) is 32.1 Å². The molecule has 0 aliphatic heterocycles. The molecule has 6 heteroatoms. The lowest BCUT2D eigenvalue weighted by Crippen LogP contribution is -2.24. The number of esters is 1. The molecule has 1 aromatic rings. The number of carbonyl (C=O) groups is 1. The number of hydrogen-bond donors (Lipinski definition) is 2. The summed E-state index contributed by atoms with van der Waals surface area (Å²) in [6, 6.07) is 9.45. The van der Waals surface area contributed by atoms with E-state index < -0.39 is 5.97 Å². The number of nitrogens with two attached hydrogens (primary N) is 1. The van der Waals surface area contributed by atoms with Gasteiger partial charge in [0.05, 0.1) is 6.61 Å². The molecule has 6 nitrogen and oxygen atoms in total. The molecule has 0 aromatic heterocycles. The molecule has 0 saturated heterocycles. The number of nitrogens with one attached hydrogen (secondary N) is 1. The Morgan fingerprint density at radius 2 is 2.09 bits per heavy atom. The molecule has 0 unspecified atom stereocenters. The topological polar surface area (TPSA) is 85.9 Å². The van der Waals surface area contributed by atoms with Crippen LogP contribution in [0.5, 0.6) is 0 Å². The number of methoxy groups -OCH3 is 1. The molecule has 0 fully saturated rings. The van der Waals surface area contributed by atoms with Gasteiger partial charge in [-0.1, -0.05) is 18.2 Å². The summed E-state index contributed by atoms with van der Waals surface area (Å²) in [4.78, 5) is 16.4. The van der Waals surface area contributed by atoms with Crippen molar-refractivity contribution in [3.8, 4) is 0 Å². The normalized spacial score (nSPS) is 12.1. The van der Waals surface area contributed by atoms with Crippen LogP contribution in [0.2, 0.25) is 0 Å². The van der Waals surface area contributed by atoms with Crippen molar-refractivity contribution < 1.29 is 14.3 Å². The predicted octanol–water partition coefficient (Wildman–Crippen LogP) is 1.94. The minimum Gasteiger partial charge on any atom is -0.462 e. The van der Waals surface area contributed by atoms with E-state index in [-0.39, 0.29) is 12.2 Å². The maximum absolute atomic E-state index is 12.0. The Bertz CT molecular complexity index is 513. The number of aliphatic imine (C=N–C) groups is 1. The van der Waals surface area contributed by atoms with Gasteiger partial charge in [-0.25, -0.2) is 4.79 Å². The van der Waals surface area contributed by atoms with Gasteiger partial charge in [0.15, 0.2) is 0 Å². The first-order valence-electron chi connectivity index (χ1n) is 7.17. The molecule has 0 amide bonds. The molecule has 0 aliphatic carbocycles. The second kappa shape index (κ2) is 10.4. The smallest absolute Gasteiger partial charge is 0.343 e. The molecule has 0 heterocycles. The van der Waals surface area contributed by atoms with Crippen LogP contribution in [-0.4, -0.2) is 38.7 Å². The van der Waals surface area contributed by atoms with E-state index in [1.165, 1.54) is 6.20 Å². The van der Waals surface area contributed by atoms with Crippen LogP contribution in [0.3, 0.4) is 0 Å². The first kappa shape index (κ1) is 17.7. The molecular weight excluding hydrogens is 282 g/mol. The molecule has 1 rings (SSSR count). The number of carbonyl (C=O) groups excluding carboxylic acids is 1. The standard InChI is InChI=1S/C16H23N3O3/c1-3-22-16(20)14(12-17)15(18-10-7-11-21-2)19-13-8-5-4-6-9-13/h4-6,8-9,12H,3,7,10-11,17H2,1-2H3,(H,18,19). The van der Waals surface area contributed by atoms with Crippen molar-refractivity contribution in [2.75, 3.05) is 32.2 Å². The first-order valence-corrected chi connectivity index (χ1v) is 7.17. The molecule has 3 N–H and O–H groups in total. The van der Waals surface area contributed by atoms with Crippen LogP contribution < -0.4 is 11.1 Å². The van der Waals surface area contributed by atoms with E-state index >= 15 is 0 Å². The third-order valence-electron chi connectivity index (χ3n) is 2.73. The summed E-state index contributed by atoms with van der Waals surface area (Å²) in [6.45, 7) is 3.13. The highest BCUT2D eigenvalue weighted by atomic mass is 16.5. The summed E-state index contributed by atoms with van der Waals surface area (Å²) < 4.78 is 10.0. The lowest BCUT2D eigenvalue weighted by atomic mass is 10.2. The average molecular weight is 305 g/mol. The minimum absolute atomic E-state index is 0.211. The van der Waals surface area contributed by atoms with Crippen molar-refractivity contribution in [2.24, 2.45) is 10.7 Å². The zero-order chi connectivity index (χ0) is 16.2. The lowest BCUT2D eigenvalue weighted by Gasteiger charge is -2.12. The molecule has 0 bridgehead atoms. The molecule has 0 radical (unpaired) electrons. The lowest BCUT2D eigenvalue weighted by molar-refractivity contribution is -0.137. The second-order valence-electron chi connectivity index (χ2n) is 4.37. The number of anilines is 1. The Labute approximate surface area is 131 Å². The first-order chi connectivity index (χ1) is 10.7. The van der Waals surface area contributed by atoms with Gasteiger partial charge in [-0.2, -0.15) is 0 Å². The largest absolute Gasteiger partial charge is 0.462 e. The van der Waals surface area contributed by atoms with E-state index in [9.17, 15) is 4.79 Å². The highest BCUT2D eigenvalue weighted by Crippen LogP contribution is 2.10. The highest BCUT2D eigenvalue weighted by molar-refractivity contribution is 6.23. The molecule has 0 spiro atoms. The Hall–Kier alpha value is -2.34. The zero-order valence-electron chi connectivity index (χ0n) is 13.0. The molecule has 0 saturated carbocycles. The molecule has 22 heavy (non-hydrogen) atoms. The Morgan fingerprint density at radius 1 is 1.36 bits per heavy atom. The van der Waals surface area contributed by atoms with E-state index in [0.717, 1.165) is 12.1 Å². The minimum atomic E-state index is -0.501. The Kier molecular flexibility index (Phi) is 8.37. The van der Waals surface area contributed by atoms with Gasteiger partial charge in [0.2, 0.25) is 0 Å². The fourth-order valence-corrected chi connectivity index (χ4v) is 1.70. The van der Waals surface area contributed by atoms with E-state index in [2.05, 4.69) is 10.3 Å². The Balaban J connectivity index is 2.91. The van der Waals surface area contributed by atoms with E-state index in [0.29, 0.717) is 19.0 Å². The van der Waals surface area contributed by atoms with E-state index in [1.54, 1.807) is 14.0 Å². The Morgan fingerprint density at radius 3 is 2.68 bits per heavy atom. The van der Waals surface area contributed by atoms with Gasteiger partial charge >= 0.3 is 5.97 Å². The highest BCUT2D eigenvalue weighted by Gasteiger charge is 2.17. The summed E-state index contributed by atoms with van der Waals surface area (Å²) in [5.74, 6) is -0.109. The maximum atomic E-state index is 12.0. The van der Waals surface area contributed by atoms with Gasteiger partial charge in [0.25, 0.3) is 0 Å². The van der Waals surface area contributed by atoms with Crippen LogP contribution in [0.25, 0.3) is 0 Å². The predicted molar refractivity (Wildman–Crippen MR) is 87.8 cm³/mol. The summed E-state index contributed by atoms with van der Waals surface area (Å²) >= 11 is 0. The van der Waals surface area contributed by atoms with Gasteiger partial charge in [-0.3, -0.25) is 4.99 Å². The number of benzene rings is 1. The van der Waals surface area contributed by atoms with Crippen LogP contribution in [0.15, 0.2) is 47.1 Å². The number of rotatable bonds is 8. The van der Waals surface area contributed by atoms with Crippen molar-refractivity contribution >= 4 is 17.5 Å². The van der Waals surface area contributed by atoms with Gasteiger partial charge in [-0.05, 0) is 25.5 Å². The molecule has 1 aromatic carbocycles. The van der Waals surface area contributed by atoms with Crippen molar-refractivity contribution in [3.63, 3.8) is 0 Å². The van der Waals surface area contributed by atoms with Gasteiger partial charge in [-0.15, -0.1) is 0 Å². The molecular formula is C16H23N3O3. The van der Waals surface area contributed by atoms with Crippen LogP contribution in [-0.2, 0) is 14.3 Å². The van der Waals surface area contributed by atoms with Crippen molar-refractivity contribution in [1.29, 1.82) is 0 Å². The summed E-state index contributed by atoms with van der Waals surface area (Å²) in [6.07, 6.45) is 1.96. The molecule has 0 atom stereocenters. The van der Waals surface area contributed by atoms with E-state index in [1.807, 2.05) is 30.3 Å². The number of hydrogen-bond acceptors (Lipinski definition) is 5. The fourth-order valence-electron chi connectivity index (χ4n) is 1.70. The van der Waals surface area contributed by atoms with Crippen LogP contribution in [0, 0.1) is 0 Å². The van der Waals surface area contributed by atoms with Crippen molar-refractivity contribution in [3.05, 3.63) is 42.1 Å². The van der Waals surface area contributed by atoms with Crippen molar-refractivity contribution in [2.45, 2.75) is 13.3 Å². The van der Waals surface area contributed by atoms with Crippen LogP contribution >= 0.6 is 0 Å². The summed E-state index contributed by atoms with van der Waals surface area (Å²) in [5, 5.41) is 3.11. The summed E-state index contributed by atoms with van der Waals surface area (Å²) in [5.41, 5.74) is 6.61. The van der Waals surface area contributed by atoms with Gasteiger partial charge < -0.3 is 20.5 Å². The third-order valence-corrected chi connectivity index (χ3v) is 2.73. The number of ether oxygens (including phenoxy) is 2.